The summed E-state index contributed by atoms with van der Waals surface area (Å²) in [6.07, 6.45) is 1.16. The van der Waals surface area contributed by atoms with Crippen molar-refractivity contribution in [2.24, 2.45) is 0 Å². The molecule has 0 amide bonds. The van der Waals surface area contributed by atoms with Crippen molar-refractivity contribution in [2.75, 3.05) is 0 Å². The van der Waals surface area contributed by atoms with Crippen LogP contribution in [-0.4, -0.2) is 10.1 Å². The fourth-order valence-electron chi connectivity index (χ4n) is 1.73. The van der Waals surface area contributed by atoms with Gasteiger partial charge in [0.05, 0.1) is 12.3 Å². The fraction of sp³-hybridized carbons (Fsp3) is 0.357. The first-order chi connectivity index (χ1) is 8.24. The van der Waals surface area contributed by atoms with Gasteiger partial charge in [-0.2, -0.15) is 0 Å². The fourth-order valence-corrected chi connectivity index (χ4v) is 2.40. The predicted octanol–water partition coefficient (Wildman–Crippen LogP) is 3.82. The standard InChI is InChI=1S/C14H17NOS/c1-3-10(2)11-4-6-12(7-5-11)13-9-17-14(8-16)15-13/h4-7,9-10,16H,3,8H2,1-2H3. The van der Waals surface area contributed by atoms with Gasteiger partial charge >= 0.3 is 0 Å². The molecule has 1 aromatic heterocycles. The van der Waals surface area contributed by atoms with Crippen molar-refractivity contribution in [1.82, 2.24) is 4.98 Å². The Morgan fingerprint density at radius 1 is 1.29 bits per heavy atom. The molecule has 2 rings (SSSR count). The van der Waals surface area contributed by atoms with E-state index in [4.69, 9.17) is 5.11 Å². The molecule has 1 unspecified atom stereocenters. The molecule has 17 heavy (non-hydrogen) atoms. The van der Waals surface area contributed by atoms with E-state index in [1.165, 1.54) is 16.9 Å². The molecule has 0 bridgehead atoms. The number of aliphatic hydroxyl groups is 1. The zero-order chi connectivity index (χ0) is 12.3. The van der Waals surface area contributed by atoms with Crippen LogP contribution in [0.5, 0.6) is 0 Å². The van der Waals surface area contributed by atoms with Crippen LogP contribution in [0.2, 0.25) is 0 Å². The second-order valence-electron chi connectivity index (χ2n) is 4.22. The second kappa shape index (κ2) is 5.43. The molecule has 0 aliphatic carbocycles. The lowest BCUT2D eigenvalue weighted by Crippen LogP contribution is -1.90. The summed E-state index contributed by atoms with van der Waals surface area (Å²) < 4.78 is 0. The van der Waals surface area contributed by atoms with Crippen molar-refractivity contribution in [3.8, 4) is 11.3 Å². The first-order valence-electron chi connectivity index (χ1n) is 5.90. The lowest BCUT2D eigenvalue weighted by Gasteiger charge is -2.08. The van der Waals surface area contributed by atoms with Gasteiger partial charge in [0.1, 0.15) is 5.01 Å². The normalized spacial score (nSPS) is 12.6. The van der Waals surface area contributed by atoms with Crippen molar-refractivity contribution in [2.45, 2.75) is 32.8 Å². The molecule has 2 aromatic rings. The van der Waals surface area contributed by atoms with Crippen LogP contribution in [0.3, 0.4) is 0 Å². The lowest BCUT2D eigenvalue weighted by molar-refractivity contribution is 0.281. The van der Waals surface area contributed by atoms with Crippen LogP contribution >= 0.6 is 11.3 Å². The van der Waals surface area contributed by atoms with Gasteiger partial charge in [-0.15, -0.1) is 11.3 Å². The Bertz CT molecular complexity index is 475. The number of benzene rings is 1. The molecule has 0 aliphatic heterocycles. The van der Waals surface area contributed by atoms with Gasteiger partial charge in [-0.05, 0) is 17.9 Å². The highest BCUT2D eigenvalue weighted by Crippen LogP contribution is 2.25. The van der Waals surface area contributed by atoms with E-state index < -0.39 is 0 Å². The topological polar surface area (TPSA) is 33.1 Å². The van der Waals surface area contributed by atoms with Crippen molar-refractivity contribution in [3.63, 3.8) is 0 Å². The minimum Gasteiger partial charge on any atom is -0.389 e. The zero-order valence-electron chi connectivity index (χ0n) is 10.2. The van der Waals surface area contributed by atoms with E-state index in [2.05, 4.69) is 43.1 Å². The summed E-state index contributed by atoms with van der Waals surface area (Å²) in [6, 6.07) is 8.55. The van der Waals surface area contributed by atoms with Crippen LogP contribution < -0.4 is 0 Å². The molecule has 0 spiro atoms. The van der Waals surface area contributed by atoms with Crippen LogP contribution in [0.1, 0.15) is 36.8 Å². The average molecular weight is 247 g/mol. The van der Waals surface area contributed by atoms with Gasteiger partial charge in [0.25, 0.3) is 0 Å². The van der Waals surface area contributed by atoms with Crippen LogP contribution in [-0.2, 0) is 6.61 Å². The van der Waals surface area contributed by atoms with Gasteiger partial charge in [-0.3, -0.25) is 0 Å². The molecule has 1 heterocycles. The van der Waals surface area contributed by atoms with E-state index in [0.29, 0.717) is 5.92 Å². The molecule has 0 saturated heterocycles. The number of aliphatic hydroxyl groups excluding tert-OH is 1. The van der Waals surface area contributed by atoms with Crippen LogP contribution in [0.4, 0.5) is 0 Å². The van der Waals surface area contributed by atoms with Crippen molar-refractivity contribution >= 4 is 11.3 Å². The van der Waals surface area contributed by atoms with Gasteiger partial charge < -0.3 is 5.11 Å². The van der Waals surface area contributed by atoms with E-state index >= 15 is 0 Å². The summed E-state index contributed by atoms with van der Waals surface area (Å²) in [5.74, 6) is 0.604. The molecule has 1 N–H and O–H groups in total. The Hall–Kier alpha value is -1.19. The SMILES string of the molecule is CCC(C)c1ccc(-c2csc(CO)n2)cc1. The molecule has 0 radical (unpaired) electrons. The van der Waals surface area contributed by atoms with E-state index in [1.54, 1.807) is 0 Å². The largest absolute Gasteiger partial charge is 0.389 e. The predicted molar refractivity (Wildman–Crippen MR) is 72.2 cm³/mol. The lowest BCUT2D eigenvalue weighted by atomic mass is 9.97. The molecule has 0 aliphatic rings. The summed E-state index contributed by atoms with van der Waals surface area (Å²) in [6.45, 7) is 4.46. The summed E-state index contributed by atoms with van der Waals surface area (Å²) >= 11 is 1.50. The summed E-state index contributed by atoms with van der Waals surface area (Å²) in [4.78, 5) is 4.36. The van der Waals surface area contributed by atoms with Crippen LogP contribution in [0.25, 0.3) is 11.3 Å². The number of hydrogen-bond acceptors (Lipinski definition) is 3. The van der Waals surface area contributed by atoms with Gasteiger partial charge in [-0.25, -0.2) is 4.98 Å². The summed E-state index contributed by atoms with van der Waals surface area (Å²) in [7, 11) is 0. The van der Waals surface area contributed by atoms with E-state index in [1.807, 2.05) is 5.38 Å². The third kappa shape index (κ3) is 2.73. The minimum absolute atomic E-state index is 0.0234. The Kier molecular flexibility index (Phi) is 3.92. The number of aromatic nitrogens is 1. The van der Waals surface area contributed by atoms with E-state index in [0.717, 1.165) is 22.7 Å². The number of rotatable bonds is 4. The highest BCUT2D eigenvalue weighted by atomic mass is 32.1. The maximum Gasteiger partial charge on any atom is 0.119 e. The maximum atomic E-state index is 8.99. The molecule has 3 heteroatoms. The number of thiazole rings is 1. The van der Waals surface area contributed by atoms with Gasteiger partial charge in [0, 0.05) is 10.9 Å². The second-order valence-corrected chi connectivity index (χ2v) is 5.16. The summed E-state index contributed by atoms with van der Waals surface area (Å²) in [5, 5.41) is 11.8. The van der Waals surface area contributed by atoms with Crippen molar-refractivity contribution < 1.29 is 5.11 Å². The third-order valence-electron chi connectivity index (χ3n) is 3.07. The van der Waals surface area contributed by atoms with Crippen LogP contribution in [0.15, 0.2) is 29.6 Å². The highest BCUT2D eigenvalue weighted by Gasteiger charge is 2.06. The zero-order valence-corrected chi connectivity index (χ0v) is 11.0. The molecule has 90 valence electrons. The molecule has 1 atom stereocenters. The molecule has 0 fully saturated rings. The first-order valence-corrected chi connectivity index (χ1v) is 6.78. The Morgan fingerprint density at radius 2 is 2.00 bits per heavy atom. The van der Waals surface area contributed by atoms with Gasteiger partial charge in [0.15, 0.2) is 0 Å². The smallest absolute Gasteiger partial charge is 0.119 e. The van der Waals surface area contributed by atoms with E-state index in [-0.39, 0.29) is 6.61 Å². The Morgan fingerprint density at radius 3 is 2.53 bits per heavy atom. The monoisotopic (exact) mass is 247 g/mol. The van der Waals surface area contributed by atoms with Gasteiger partial charge in [0.2, 0.25) is 0 Å². The summed E-state index contributed by atoms with van der Waals surface area (Å²) in [5.41, 5.74) is 3.44. The Labute approximate surface area is 106 Å². The van der Waals surface area contributed by atoms with Crippen LogP contribution in [0, 0.1) is 0 Å². The van der Waals surface area contributed by atoms with Crippen molar-refractivity contribution in [3.05, 3.63) is 40.2 Å². The first kappa shape index (κ1) is 12.3. The maximum absolute atomic E-state index is 8.99. The Balaban J connectivity index is 2.22. The minimum atomic E-state index is 0.0234. The van der Waals surface area contributed by atoms with E-state index in [9.17, 15) is 0 Å². The molecule has 0 saturated carbocycles. The highest BCUT2D eigenvalue weighted by molar-refractivity contribution is 7.09. The molecular formula is C14H17NOS. The van der Waals surface area contributed by atoms with Gasteiger partial charge in [-0.1, -0.05) is 38.1 Å². The number of nitrogens with zero attached hydrogens (tertiary/aromatic N) is 1. The average Bonchev–Trinajstić information content (AvgIpc) is 2.87. The quantitative estimate of drug-likeness (QED) is 0.891. The van der Waals surface area contributed by atoms with Crippen molar-refractivity contribution in [1.29, 1.82) is 0 Å². The molecule has 2 nitrogen and oxygen atoms in total. The third-order valence-corrected chi connectivity index (χ3v) is 3.91. The molecule has 1 aromatic carbocycles. The molecular weight excluding hydrogens is 230 g/mol. The number of hydrogen-bond donors (Lipinski definition) is 1.